The lowest BCUT2D eigenvalue weighted by Crippen LogP contribution is -2.23. The zero-order chi connectivity index (χ0) is 15.4. The van der Waals surface area contributed by atoms with Crippen LogP contribution in [0.5, 0.6) is 0 Å². The third-order valence-corrected chi connectivity index (χ3v) is 4.02. The van der Waals surface area contributed by atoms with Crippen molar-refractivity contribution in [1.82, 2.24) is 4.90 Å². The smallest absolute Gasteiger partial charge is 0.136 e. The summed E-state index contributed by atoms with van der Waals surface area (Å²) in [4.78, 5) is 7.78. The summed E-state index contributed by atoms with van der Waals surface area (Å²) in [5, 5.41) is 4.25. The first-order chi connectivity index (χ1) is 10.7. The molecule has 1 aromatic carbocycles. The number of fused-ring (bicyclic) bond motifs is 2. The summed E-state index contributed by atoms with van der Waals surface area (Å²) >= 11 is 0. The number of oxime groups is 1. The van der Waals surface area contributed by atoms with Crippen molar-refractivity contribution < 1.29 is 9.23 Å². The van der Waals surface area contributed by atoms with Crippen LogP contribution in [0.3, 0.4) is 0 Å². The molecule has 3 rings (SSSR count). The fourth-order valence-corrected chi connectivity index (χ4v) is 2.75. The first kappa shape index (κ1) is 14.8. The minimum absolute atomic E-state index is 0.248. The van der Waals surface area contributed by atoms with E-state index in [0.29, 0.717) is 12.5 Å². The van der Waals surface area contributed by atoms with Gasteiger partial charge in [-0.2, -0.15) is 0 Å². The molecule has 2 fully saturated rings. The Morgan fingerprint density at radius 3 is 2.95 bits per heavy atom. The summed E-state index contributed by atoms with van der Waals surface area (Å²) in [6.07, 6.45) is 3.12. The van der Waals surface area contributed by atoms with Crippen LogP contribution in [-0.2, 0) is 4.84 Å². The normalized spacial score (nSPS) is 25.2. The maximum absolute atomic E-state index is 12.8. The van der Waals surface area contributed by atoms with E-state index in [4.69, 9.17) is 4.84 Å². The van der Waals surface area contributed by atoms with Gasteiger partial charge in [0.1, 0.15) is 12.4 Å². The van der Waals surface area contributed by atoms with E-state index >= 15 is 0 Å². The number of benzene rings is 1. The topological polar surface area (TPSA) is 24.8 Å². The number of piperidine rings is 1. The molecule has 0 saturated carbocycles. The van der Waals surface area contributed by atoms with Gasteiger partial charge in [0.2, 0.25) is 0 Å². The quantitative estimate of drug-likeness (QED) is 0.487. The van der Waals surface area contributed by atoms with Crippen molar-refractivity contribution in [2.75, 3.05) is 26.2 Å². The zero-order valence-electron chi connectivity index (χ0n) is 12.7. The minimum Gasteiger partial charge on any atom is -0.392 e. The van der Waals surface area contributed by atoms with Gasteiger partial charge >= 0.3 is 0 Å². The highest BCUT2D eigenvalue weighted by atomic mass is 19.1. The van der Waals surface area contributed by atoms with E-state index in [9.17, 15) is 4.39 Å². The van der Waals surface area contributed by atoms with E-state index < -0.39 is 0 Å². The lowest BCUT2D eigenvalue weighted by molar-refractivity contribution is 0.171. The first-order valence-corrected chi connectivity index (χ1v) is 7.56. The maximum atomic E-state index is 12.8. The Morgan fingerprint density at radius 1 is 1.45 bits per heavy atom. The molecule has 2 bridgehead atoms. The number of hydrogen-bond donors (Lipinski definition) is 0. The molecule has 0 aromatic heterocycles. The monoisotopic (exact) mass is 298 g/mol. The van der Waals surface area contributed by atoms with E-state index in [0.717, 1.165) is 24.2 Å². The largest absolute Gasteiger partial charge is 0.392 e. The second-order valence-corrected chi connectivity index (χ2v) is 5.74. The molecular formula is C18H19FN2O. The molecule has 2 saturated heterocycles. The van der Waals surface area contributed by atoms with Crippen LogP contribution in [0.25, 0.3) is 0 Å². The predicted octanol–water partition coefficient (Wildman–Crippen LogP) is 2.83. The van der Waals surface area contributed by atoms with Gasteiger partial charge < -0.3 is 4.84 Å². The number of rotatable bonds is 3. The average Bonchev–Trinajstić information content (AvgIpc) is 3.14. The second kappa shape index (κ2) is 6.76. The third-order valence-electron chi connectivity index (χ3n) is 4.02. The van der Waals surface area contributed by atoms with Crippen molar-refractivity contribution in [2.45, 2.75) is 13.3 Å². The Bertz CT molecular complexity index is 652. The summed E-state index contributed by atoms with van der Waals surface area (Å²) in [7, 11) is 0. The first-order valence-electron chi connectivity index (χ1n) is 7.56. The molecule has 0 amide bonds. The molecule has 2 aliphatic rings. The van der Waals surface area contributed by atoms with Gasteiger partial charge in [-0.15, -0.1) is 0 Å². The molecule has 22 heavy (non-hydrogen) atoms. The molecule has 0 spiro atoms. The maximum Gasteiger partial charge on any atom is 0.136 e. The molecule has 2 unspecified atom stereocenters. The summed E-state index contributed by atoms with van der Waals surface area (Å²) in [6.45, 7) is 5.65. The van der Waals surface area contributed by atoms with E-state index in [2.05, 4.69) is 21.9 Å². The van der Waals surface area contributed by atoms with Crippen LogP contribution < -0.4 is 0 Å². The highest BCUT2D eigenvalue weighted by Crippen LogP contribution is 2.25. The Hall–Kier alpha value is -2.12. The Balaban J connectivity index is 1.48. The summed E-state index contributed by atoms with van der Waals surface area (Å²) in [5.41, 5.74) is 2.89. The van der Waals surface area contributed by atoms with Crippen LogP contribution in [0.4, 0.5) is 4.39 Å². The molecule has 114 valence electrons. The van der Waals surface area contributed by atoms with Crippen molar-refractivity contribution in [3.05, 3.63) is 47.3 Å². The standard InChI is InChI=1S/C18H19FN2O/c1-14(2-3-15-4-6-17(19)7-5-15)9-11-22-20-18-13-21-10-8-16(18)12-21/h4-7,9,16H,8,10-13H2,1H3/b14-9-,20-18+. The van der Waals surface area contributed by atoms with Crippen molar-refractivity contribution in [1.29, 1.82) is 0 Å². The van der Waals surface area contributed by atoms with Gasteiger partial charge in [-0.1, -0.05) is 17.0 Å². The van der Waals surface area contributed by atoms with Crippen LogP contribution in [-0.4, -0.2) is 36.9 Å². The molecular weight excluding hydrogens is 279 g/mol. The van der Waals surface area contributed by atoms with Gasteiger partial charge in [0.25, 0.3) is 0 Å². The Labute approximate surface area is 130 Å². The lowest BCUT2D eigenvalue weighted by Gasteiger charge is -2.12. The number of halogens is 1. The fraction of sp³-hybridized carbons (Fsp3) is 0.389. The van der Waals surface area contributed by atoms with Crippen molar-refractivity contribution in [2.24, 2.45) is 11.1 Å². The predicted molar refractivity (Wildman–Crippen MR) is 85.0 cm³/mol. The van der Waals surface area contributed by atoms with Gasteiger partial charge in [0.05, 0.1) is 5.71 Å². The van der Waals surface area contributed by atoms with Crippen LogP contribution in [0, 0.1) is 23.6 Å². The van der Waals surface area contributed by atoms with E-state index in [1.165, 1.54) is 30.8 Å². The molecule has 4 heteroatoms. The number of allylic oxidation sites excluding steroid dienone is 1. The highest BCUT2D eigenvalue weighted by Gasteiger charge is 2.35. The fourth-order valence-electron chi connectivity index (χ4n) is 2.75. The Kier molecular flexibility index (Phi) is 4.55. The van der Waals surface area contributed by atoms with Gasteiger partial charge in [-0.25, -0.2) is 4.39 Å². The SMILES string of the molecule is C/C(C#Cc1ccc(F)cc1)=C/CO/N=C1\CN2CCC1C2. The number of nitrogens with zero attached hydrogens (tertiary/aromatic N) is 2. The van der Waals surface area contributed by atoms with Crippen molar-refractivity contribution >= 4 is 5.71 Å². The average molecular weight is 298 g/mol. The van der Waals surface area contributed by atoms with Gasteiger partial charge in [-0.05, 0) is 55.8 Å². The summed E-state index contributed by atoms with van der Waals surface area (Å²) < 4.78 is 12.8. The van der Waals surface area contributed by atoms with Crippen LogP contribution in [0.1, 0.15) is 18.9 Å². The van der Waals surface area contributed by atoms with Crippen LogP contribution in [0.2, 0.25) is 0 Å². The molecule has 2 atom stereocenters. The summed E-state index contributed by atoms with van der Waals surface area (Å²) in [6, 6.07) is 6.16. The van der Waals surface area contributed by atoms with Gasteiger partial charge in [0.15, 0.2) is 0 Å². The van der Waals surface area contributed by atoms with E-state index in [1.54, 1.807) is 12.1 Å². The second-order valence-electron chi connectivity index (χ2n) is 5.74. The molecule has 2 aliphatic heterocycles. The highest BCUT2D eigenvalue weighted by molar-refractivity contribution is 5.91. The van der Waals surface area contributed by atoms with Crippen molar-refractivity contribution in [3.8, 4) is 11.8 Å². The zero-order valence-corrected chi connectivity index (χ0v) is 12.7. The van der Waals surface area contributed by atoms with Crippen molar-refractivity contribution in [3.63, 3.8) is 0 Å². The van der Waals surface area contributed by atoms with Crippen LogP contribution >= 0.6 is 0 Å². The summed E-state index contributed by atoms with van der Waals surface area (Å²) in [5.74, 6) is 6.37. The number of hydrogen-bond acceptors (Lipinski definition) is 3. The molecule has 0 radical (unpaired) electrons. The molecule has 0 N–H and O–H groups in total. The minimum atomic E-state index is -0.248. The van der Waals surface area contributed by atoms with E-state index in [-0.39, 0.29) is 5.82 Å². The lowest BCUT2D eigenvalue weighted by atomic mass is 10.0. The Morgan fingerprint density at radius 2 is 2.27 bits per heavy atom. The van der Waals surface area contributed by atoms with Crippen LogP contribution in [0.15, 0.2) is 41.1 Å². The van der Waals surface area contributed by atoms with Gasteiger partial charge in [0, 0.05) is 24.6 Å². The molecule has 0 aliphatic carbocycles. The molecule has 1 aromatic rings. The molecule has 3 nitrogen and oxygen atoms in total. The third kappa shape index (κ3) is 3.75. The van der Waals surface area contributed by atoms with Gasteiger partial charge in [-0.3, -0.25) is 4.90 Å². The van der Waals surface area contributed by atoms with E-state index in [1.807, 2.05) is 13.0 Å². The molecule has 2 heterocycles.